The van der Waals surface area contributed by atoms with E-state index < -0.39 is 21.7 Å². The average molecular weight is 454 g/mol. The number of alkyl halides is 3. The molecule has 0 saturated carbocycles. The van der Waals surface area contributed by atoms with Gasteiger partial charge in [0.2, 0.25) is 5.88 Å². The molecule has 0 saturated heterocycles. The smallest absolute Gasteiger partial charge is 0.434 e. The van der Waals surface area contributed by atoms with Gasteiger partial charge in [-0.25, -0.2) is 13.4 Å². The van der Waals surface area contributed by atoms with Crippen molar-refractivity contribution in [2.75, 3.05) is 19.6 Å². The number of pyridine rings is 1. The van der Waals surface area contributed by atoms with E-state index in [1.807, 2.05) is 6.26 Å². The van der Waals surface area contributed by atoms with Crippen molar-refractivity contribution in [2.45, 2.75) is 16.0 Å². The summed E-state index contributed by atoms with van der Waals surface area (Å²) in [6.07, 6.45) is -1.78. The normalized spacial score (nSPS) is 12.1. The van der Waals surface area contributed by atoms with Crippen LogP contribution in [0.3, 0.4) is 0 Å². The van der Waals surface area contributed by atoms with E-state index in [1.54, 1.807) is 24.3 Å². The van der Waals surface area contributed by atoms with Crippen molar-refractivity contribution in [3.05, 3.63) is 60.3 Å². The fourth-order valence-corrected chi connectivity index (χ4v) is 4.03. The van der Waals surface area contributed by atoms with Crippen LogP contribution in [0.4, 0.5) is 13.2 Å². The maximum Gasteiger partial charge on any atom is 0.434 e. The number of benzene rings is 2. The number of halogens is 3. The van der Waals surface area contributed by atoms with Gasteiger partial charge in [-0.2, -0.15) is 13.2 Å². The van der Waals surface area contributed by atoms with E-state index in [0.29, 0.717) is 11.1 Å². The van der Waals surface area contributed by atoms with E-state index in [4.69, 9.17) is 4.74 Å². The summed E-state index contributed by atoms with van der Waals surface area (Å²) < 4.78 is 70.2. The molecule has 0 aliphatic rings. The van der Waals surface area contributed by atoms with Gasteiger partial charge in [0.05, 0.1) is 12.0 Å². The molecule has 0 spiro atoms. The lowest BCUT2D eigenvalue weighted by atomic mass is 9.93. The molecule has 0 bridgehead atoms. The summed E-state index contributed by atoms with van der Waals surface area (Å²) in [5, 5.41) is 0. The van der Waals surface area contributed by atoms with Crippen LogP contribution in [0.25, 0.3) is 22.3 Å². The van der Waals surface area contributed by atoms with Gasteiger partial charge < -0.3 is 4.74 Å². The fraction of sp³-hybridized carbons (Fsp3) is 0.190. The van der Waals surface area contributed by atoms with Crippen LogP contribution in [-0.2, 0) is 16.0 Å². The van der Waals surface area contributed by atoms with E-state index in [1.165, 1.54) is 49.2 Å². The minimum atomic E-state index is -4.72. The lowest BCUT2D eigenvalue weighted by Gasteiger charge is -2.18. The van der Waals surface area contributed by atoms with Crippen LogP contribution < -0.4 is 4.74 Å². The lowest BCUT2D eigenvalue weighted by molar-refractivity contribution is -0.140. The Morgan fingerprint density at radius 1 is 0.967 bits per heavy atom. The SMILES string of the molecule is COc1cc(-c2ccc(S(C)(=O)=O)cc2)c(-c2ccc(SC)cc2)c(C(F)(F)F)n1. The Hall–Kier alpha value is -2.52. The molecule has 0 N–H and O–H groups in total. The van der Waals surface area contributed by atoms with Crippen molar-refractivity contribution in [3.8, 4) is 28.1 Å². The highest BCUT2D eigenvalue weighted by molar-refractivity contribution is 7.98. The molecular formula is C21H18F3NO3S2. The van der Waals surface area contributed by atoms with E-state index in [0.717, 1.165) is 11.2 Å². The first-order valence-electron chi connectivity index (χ1n) is 8.65. The molecule has 3 rings (SSSR count). The first kappa shape index (κ1) is 22.2. The highest BCUT2D eigenvalue weighted by Crippen LogP contribution is 2.43. The third kappa shape index (κ3) is 4.62. The average Bonchev–Trinajstić information content (AvgIpc) is 2.71. The third-order valence-corrected chi connectivity index (χ3v) is 6.32. The molecule has 0 atom stereocenters. The predicted molar refractivity (Wildman–Crippen MR) is 112 cm³/mol. The maximum absolute atomic E-state index is 13.9. The maximum atomic E-state index is 13.9. The molecule has 9 heteroatoms. The number of methoxy groups -OCH3 is 1. The molecule has 1 heterocycles. The zero-order valence-electron chi connectivity index (χ0n) is 16.3. The Morgan fingerprint density at radius 2 is 1.53 bits per heavy atom. The molecule has 0 radical (unpaired) electrons. The number of hydrogen-bond acceptors (Lipinski definition) is 5. The summed E-state index contributed by atoms with van der Waals surface area (Å²) in [6.45, 7) is 0. The molecule has 2 aromatic carbocycles. The van der Waals surface area contributed by atoms with Crippen LogP contribution in [-0.4, -0.2) is 33.0 Å². The Balaban J connectivity index is 2.32. The minimum absolute atomic E-state index is 0.0780. The van der Waals surface area contributed by atoms with Gasteiger partial charge in [-0.05, 0) is 47.2 Å². The number of thioether (sulfide) groups is 1. The van der Waals surface area contributed by atoms with Gasteiger partial charge >= 0.3 is 6.18 Å². The number of ether oxygens (including phenoxy) is 1. The van der Waals surface area contributed by atoms with Crippen molar-refractivity contribution in [1.29, 1.82) is 0 Å². The zero-order valence-corrected chi connectivity index (χ0v) is 18.0. The van der Waals surface area contributed by atoms with Gasteiger partial charge in [-0.1, -0.05) is 24.3 Å². The van der Waals surface area contributed by atoms with Gasteiger partial charge in [0.15, 0.2) is 15.5 Å². The molecule has 3 aromatic rings. The lowest BCUT2D eigenvalue weighted by Crippen LogP contribution is -2.12. The number of nitrogens with zero attached hydrogens (tertiary/aromatic N) is 1. The standard InChI is InChI=1S/C21H18F3NO3S2/c1-28-18-12-17(13-6-10-16(11-7-13)30(3,26)27)19(20(25-18)21(22,23)24)14-4-8-15(29-2)9-5-14/h4-12H,1-3H3. The van der Waals surface area contributed by atoms with E-state index in [2.05, 4.69) is 4.98 Å². The zero-order chi connectivity index (χ0) is 22.1. The van der Waals surface area contributed by atoms with Gasteiger partial charge in [0.25, 0.3) is 0 Å². The first-order chi connectivity index (χ1) is 14.0. The predicted octanol–water partition coefficient (Wildman–Crippen LogP) is 5.57. The monoisotopic (exact) mass is 453 g/mol. The fourth-order valence-electron chi connectivity index (χ4n) is 2.99. The van der Waals surface area contributed by atoms with E-state index >= 15 is 0 Å². The second-order valence-electron chi connectivity index (χ2n) is 6.46. The quantitative estimate of drug-likeness (QED) is 0.473. The molecule has 30 heavy (non-hydrogen) atoms. The summed E-state index contributed by atoms with van der Waals surface area (Å²) in [5.74, 6) is -0.186. The molecule has 0 fully saturated rings. The summed E-state index contributed by atoms with van der Waals surface area (Å²) >= 11 is 1.48. The van der Waals surface area contributed by atoms with Crippen molar-refractivity contribution >= 4 is 21.6 Å². The Morgan fingerprint density at radius 3 is 2.00 bits per heavy atom. The molecule has 0 aliphatic heterocycles. The summed E-state index contributed by atoms with van der Waals surface area (Å²) in [4.78, 5) is 4.66. The second kappa shape index (κ2) is 8.31. The van der Waals surface area contributed by atoms with Crippen LogP contribution in [0, 0.1) is 0 Å². The molecule has 0 aliphatic carbocycles. The van der Waals surface area contributed by atoms with E-state index in [9.17, 15) is 21.6 Å². The number of sulfone groups is 1. The van der Waals surface area contributed by atoms with Gasteiger partial charge in [0.1, 0.15) is 0 Å². The molecule has 1 aromatic heterocycles. The van der Waals surface area contributed by atoms with Crippen LogP contribution >= 0.6 is 11.8 Å². The second-order valence-corrected chi connectivity index (χ2v) is 9.35. The number of aromatic nitrogens is 1. The third-order valence-electron chi connectivity index (χ3n) is 4.45. The van der Waals surface area contributed by atoms with Crippen LogP contribution in [0.15, 0.2) is 64.4 Å². The van der Waals surface area contributed by atoms with Crippen LogP contribution in [0.1, 0.15) is 5.69 Å². The van der Waals surface area contributed by atoms with Crippen molar-refractivity contribution < 1.29 is 26.3 Å². The first-order valence-corrected chi connectivity index (χ1v) is 11.8. The van der Waals surface area contributed by atoms with Gasteiger partial charge in [0, 0.05) is 22.8 Å². The summed E-state index contributed by atoms with van der Waals surface area (Å²) in [5.41, 5.74) is -0.162. The van der Waals surface area contributed by atoms with Gasteiger partial charge in [-0.15, -0.1) is 11.8 Å². The molecule has 0 amide bonds. The van der Waals surface area contributed by atoms with E-state index in [-0.39, 0.29) is 21.9 Å². The van der Waals surface area contributed by atoms with Crippen LogP contribution in [0.2, 0.25) is 0 Å². The van der Waals surface area contributed by atoms with Crippen LogP contribution in [0.5, 0.6) is 5.88 Å². The highest BCUT2D eigenvalue weighted by atomic mass is 32.2. The van der Waals surface area contributed by atoms with Crippen molar-refractivity contribution in [2.24, 2.45) is 0 Å². The largest absolute Gasteiger partial charge is 0.481 e. The number of rotatable bonds is 5. The molecule has 0 unspecified atom stereocenters. The summed E-state index contributed by atoms with van der Waals surface area (Å²) in [7, 11) is -2.19. The van der Waals surface area contributed by atoms with Crippen molar-refractivity contribution in [1.82, 2.24) is 4.98 Å². The topological polar surface area (TPSA) is 56.3 Å². The Labute approximate surface area is 177 Å². The Bertz CT molecular complexity index is 1160. The highest BCUT2D eigenvalue weighted by Gasteiger charge is 2.38. The minimum Gasteiger partial charge on any atom is -0.481 e. The molecular weight excluding hydrogens is 435 g/mol. The number of hydrogen-bond donors (Lipinski definition) is 0. The molecule has 4 nitrogen and oxygen atoms in total. The van der Waals surface area contributed by atoms with Gasteiger partial charge in [-0.3, -0.25) is 0 Å². The Kier molecular flexibility index (Phi) is 6.14. The molecule has 158 valence electrons. The van der Waals surface area contributed by atoms with Crippen molar-refractivity contribution in [3.63, 3.8) is 0 Å². The summed E-state index contributed by atoms with van der Waals surface area (Å²) in [6, 6.07) is 13.8.